The van der Waals surface area contributed by atoms with Crippen molar-refractivity contribution in [2.75, 3.05) is 18.0 Å². The van der Waals surface area contributed by atoms with E-state index in [4.69, 9.17) is 0 Å². The van der Waals surface area contributed by atoms with Crippen LogP contribution in [-0.4, -0.2) is 30.1 Å². The number of aliphatic carboxylic acids is 1. The Kier molecular flexibility index (Phi) is 5.79. The van der Waals surface area contributed by atoms with Crippen LogP contribution in [0.1, 0.15) is 47.8 Å². The highest BCUT2D eigenvalue weighted by molar-refractivity contribution is 6.01. The molecule has 1 unspecified atom stereocenters. The number of carbonyl (C=O) groups excluding carboxylic acids is 1. The van der Waals surface area contributed by atoms with E-state index in [9.17, 15) is 14.7 Å². The molecule has 2 aromatic rings. The lowest BCUT2D eigenvalue weighted by Gasteiger charge is -2.24. The highest BCUT2D eigenvalue weighted by atomic mass is 16.4. The lowest BCUT2D eigenvalue weighted by atomic mass is 9.96. The fourth-order valence-corrected chi connectivity index (χ4v) is 3.71. The van der Waals surface area contributed by atoms with Gasteiger partial charge in [-0.05, 0) is 36.0 Å². The molecule has 3 rings (SSSR count). The predicted molar refractivity (Wildman–Crippen MR) is 106 cm³/mol. The molecule has 5 heteroatoms. The molecule has 1 atom stereocenters. The number of nitrogens with zero attached hydrogens (tertiary/aromatic N) is 1. The summed E-state index contributed by atoms with van der Waals surface area (Å²) in [6, 6.07) is 15.5. The molecule has 0 spiro atoms. The van der Waals surface area contributed by atoms with Crippen LogP contribution in [0.4, 0.5) is 5.69 Å². The van der Waals surface area contributed by atoms with Crippen molar-refractivity contribution in [2.24, 2.45) is 5.92 Å². The van der Waals surface area contributed by atoms with E-state index < -0.39 is 5.97 Å². The lowest BCUT2D eigenvalue weighted by molar-refractivity contribution is -0.135. The number of para-hydroxylation sites is 1. The number of hydrogen-bond acceptors (Lipinski definition) is 3. The van der Waals surface area contributed by atoms with E-state index in [1.54, 1.807) is 11.0 Å². The third-order valence-electron chi connectivity index (χ3n) is 4.87. The minimum Gasteiger partial charge on any atom is -0.480 e. The molecule has 5 nitrogen and oxygen atoms in total. The summed E-state index contributed by atoms with van der Waals surface area (Å²) in [6.07, 6.45) is 1.60. The second-order valence-electron chi connectivity index (χ2n) is 7.44. The lowest BCUT2D eigenvalue weighted by Crippen LogP contribution is -2.33. The van der Waals surface area contributed by atoms with Crippen molar-refractivity contribution >= 4 is 17.6 Å². The Labute approximate surface area is 160 Å². The number of carboxylic acids is 1. The Balaban J connectivity index is 1.87. The molecule has 0 saturated heterocycles. The SMILES string of the molecule is CC(C)CC(NC(=O)c1cccc2c1N(CC(=O)O)CC2)c1ccccc1. The quantitative estimate of drug-likeness (QED) is 0.785. The number of carboxylic acid groups (broad SMARTS) is 1. The van der Waals surface area contributed by atoms with Gasteiger partial charge >= 0.3 is 5.97 Å². The first-order valence-corrected chi connectivity index (χ1v) is 9.40. The zero-order valence-electron chi connectivity index (χ0n) is 15.8. The van der Waals surface area contributed by atoms with Gasteiger partial charge in [0, 0.05) is 6.54 Å². The van der Waals surface area contributed by atoms with Gasteiger partial charge in [-0.3, -0.25) is 9.59 Å². The second-order valence-corrected chi connectivity index (χ2v) is 7.44. The van der Waals surface area contributed by atoms with Gasteiger partial charge in [-0.1, -0.05) is 56.3 Å². The maximum Gasteiger partial charge on any atom is 0.323 e. The Hall–Kier alpha value is -2.82. The summed E-state index contributed by atoms with van der Waals surface area (Å²) in [7, 11) is 0. The number of fused-ring (bicyclic) bond motifs is 1. The van der Waals surface area contributed by atoms with Crippen LogP contribution in [0.25, 0.3) is 0 Å². The van der Waals surface area contributed by atoms with E-state index in [2.05, 4.69) is 19.2 Å². The summed E-state index contributed by atoms with van der Waals surface area (Å²) in [6.45, 7) is 4.80. The molecule has 2 aromatic carbocycles. The van der Waals surface area contributed by atoms with E-state index in [1.807, 2.05) is 42.5 Å². The van der Waals surface area contributed by atoms with Crippen LogP contribution >= 0.6 is 0 Å². The molecule has 2 N–H and O–H groups in total. The number of rotatable bonds is 7. The normalized spacial score (nSPS) is 14.1. The number of anilines is 1. The maximum atomic E-state index is 13.1. The van der Waals surface area contributed by atoms with Crippen LogP contribution in [0.15, 0.2) is 48.5 Å². The molecule has 1 aliphatic rings. The van der Waals surface area contributed by atoms with Gasteiger partial charge < -0.3 is 15.3 Å². The van der Waals surface area contributed by atoms with Gasteiger partial charge in [0.25, 0.3) is 5.91 Å². The average Bonchev–Trinajstić information content (AvgIpc) is 3.04. The summed E-state index contributed by atoms with van der Waals surface area (Å²) >= 11 is 0. The van der Waals surface area contributed by atoms with E-state index in [1.165, 1.54) is 0 Å². The summed E-state index contributed by atoms with van der Waals surface area (Å²) in [5.74, 6) is -0.612. The fraction of sp³-hybridized carbons (Fsp3) is 0.364. The molecule has 0 radical (unpaired) electrons. The van der Waals surface area contributed by atoms with Gasteiger partial charge in [0.05, 0.1) is 17.3 Å². The van der Waals surface area contributed by atoms with Crippen LogP contribution < -0.4 is 10.2 Å². The summed E-state index contributed by atoms with van der Waals surface area (Å²) in [5.41, 5.74) is 3.42. The second kappa shape index (κ2) is 8.25. The molecule has 1 heterocycles. The summed E-state index contributed by atoms with van der Waals surface area (Å²) in [5, 5.41) is 12.4. The zero-order valence-corrected chi connectivity index (χ0v) is 15.8. The number of carbonyl (C=O) groups is 2. The number of benzene rings is 2. The van der Waals surface area contributed by atoms with Crippen molar-refractivity contribution in [1.29, 1.82) is 0 Å². The Bertz CT molecular complexity index is 818. The third kappa shape index (κ3) is 4.48. The van der Waals surface area contributed by atoms with Crippen LogP contribution in [0.5, 0.6) is 0 Å². The highest BCUT2D eigenvalue weighted by Crippen LogP contribution is 2.32. The number of nitrogens with one attached hydrogen (secondary N) is 1. The van der Waals surface area contributed by atoms with Crippen LogP contribution in [0.2, 0.25) is 0 Å². The first kappa shape index (κ1) is 19.0. The number of hydrogen-bond donors (Lipinski definition) is 2. The standard InChI is InChI=1S/C22H26N2O3/c1-15(2)13-19(16-7-4-3-5-8-16)23-22(27)18-10-6-9-17-11-12-24(21(17)18)14-20(25)26/h3-10,15,19H,11-14H2,1-2H3,(H,23,27)(H,25,26). The largest absolute Gasteiger partial charge is 0.480 e. The number of amides is 1. The minimum absolute atomic E-state index is 0.0797. The molecule has 0 bridgehead atoms. The highest BCUT2D eigenvalue weighted by Gasteiger charge is 2.27. The van der Waals surface area contributed by atoms with Gasteiger partial charge in [-0.25, -0.2) is 0 Å². The monoisotopic (exact) mass is 366 g/mol. The first-order valence-electron chi connectivity index (χ1n) is 9.40. The smallest absolute Gasteiger partial charge is 0.323 e. The minimum atomic E-state index is -0.889. The molecule has 0 saturated carbocycles. The summed E-state index contributed by atoms with van der Waals surface area (Å²) in [4.78, 5) is 26.1. The molecular weight excluding hydrogens is 340 g/mol. The first-order chi connectivity index (χ1) is 13.0. The van der Waals surface area contributed by atoms with Gasteiger partial charge in [-0.2, -0.15) is 0 Å². The van der Waals surface area contributed by atoms with E-state index in [-0.39, 0.29) is 18.5 Å². The van der Waals surface area contributed by atoms with Gasteiger partial charge in [-0.15, -0.1) is 0 Å². The maximum absolute atomic E-state index is 13.1. The summed E-state index contributed by atoms with van der Waals surface area (Å²) < 4.78 is 0. The van der Waals surface area contributed by atoms with Crippen molar-refractivity contribution in [3.05, 3.63) is 65.2 Å². The van der Waals surface area contributed by atoms with Crippen molar-refractivity contribution in [3.63, 3.8) is 0 Å². The van der Waals surface area contributed by atoms with Crippen LogP contribution in [0, 0.1) is 5.92 Å². The molecule has 0 fully saturated rings. The Morgan fingerprint density at radius 3 is 2.52 bits per heavy atom. The van der Waals surface area contributed by atoms with E-state index in [0.717, 1.165) is 29.7 Å². The fourth-order valence-electron chi connectivity index (χ4n) is 3.71. The average molecular weight is 366 g/mol. The van der Waals surface area contributed by atoms with Crippen molar-refractivity contribution in [3.8, 4) is 0 Å². The van der Waals surface area contributed by atoms with Crippen LogP contribution in [-0.2, 0) is 11.2 Å². The van der Waals surface area contributed by atoms with Crippen molar-refractivity contribution in [1.82, 2.24) is 5.32 Å². The molecule has 1 aliphatic heterocycles. The van der Waals surface area contributed by atoms with Crippen molar-refractivity contribution < 1.29 is 14.7 Å². The van der Waals surface area contributed by atoms with Crippen molar-refractivity contribution in [2.45, 2.75) is 32.7 Å². The van der Waals surface area contributed by atoms with Gasteiger partial charge in [0.1, 0.15) is 6.54 Å². The van der Waals surface area contributed by atoms with Crippen LogP contribution in [0.3, 0.4) is 0 Å². The zero-order chi connectivity index (χ0) is 19.4. The topological polar surface area (TPSA) is 69.6 Å². The molecule has 1 amide bonds. The molecule has 0 aliphatic carbocycles. The molecule has 142 valence electrons. The predicted octanol–water partition coefficient (Wildman–Crippen LogP) is 3.65. The van der Waals surface area contributed by atoms with E-state index >= 15 is 0 Å². The van der Waals surface area contributed by atoms with Gasteiger partial charge in [0.15, 0.2) is 0 Å². The molecule has 0 aromatic heterocycles. The van der Waals surface area contributed by atoms with E-state index in [0.29, 0.717) is 18.0 Å². The Morgan fingerprint density at radius 1 is 1.11 bits per heavy atom. The molecular formula is C22H26N2O3. The third-order valence-corrected chi connectivity index (χ3v) is 4.87. The molecule has 27 heavy (non-hydrogen) atoms. The Morgan fingerprint density at radius 2 is 1.85 bits per heavy atom. The van der Waals surface area contributed by atoms with Gasteiger partial charge in [0.2, 0.25) is 0 Å².